The van der Waals surface area contributed by atoms with E-state index in [1.807, 2.05) is 0 Å². The summed E-state index contributed by atoms with van der Waals surface area (Å²) in [5.74, 6) is -4.11. The van der Waals surface area contributed by atoms with Crippen LogP contribution in [-0.4, -0.2) is 24.7 Å². The van der Waals surface area contributed by atoms with Crippen LogP contribution in [0.1, 0.15) is 12.5 Å². The van der Waals surface area contributed by atoms with Gasteiger partial charge in [-0.15, -0.1) is 0 Å². The molecule has 0 saturated heterocycles. The van der Waals surface area contributed by atoms with E-state index in [0.29, 0.717) is 6.07 Å². The minimum Gasteiger partial charge on any atom is -0.480 e. The van der Waals surface area contributed by atoms with Crippen LogP contribution in [0, 0.1) is 11.6 Å². The monoisotopic (exact) mass is 264 g/mol. The molecule has 4 nitrogen and oxygen atoms in total. The summed E-state index contributed by atoms with van der Waals surface area (Å²) in [5, 5.41) is 6.94. The van der Waals surface area contributed by atoms with E-state index in [9.17, 15) is 22.0 Å². The van der Waals surface area contributed by atoms with Crippen molar-refractivity contribution in [1.29, 1.82) is 0 Å². The Bertz CT molecular complexity index is 539. The zero-order valence-electron chi connectivity index (χ0n) is 8.85. The predicted molar refractivity (Wildman–Crippen MR) is 56.1 cm³/mol. The zero-order chi connectivity index (χ0) is 13.2. The summed E-state index contributed by atoms with van der Waals surface area (Å²) in [6.45, 7) is 0.999. The van der Waals surface area contributed by atoms with Crippen LogP contribution in [0.5, 0.6) is 0 Å². The lowest BCUT2D eigenvalue weighted by Crippen LogP contribution is -2.28. The third-order valence-electron chi connectivity index (χ3n) is 2.26. The van der Waals surface area contributed by atoms with E-state index in [4.69, 9.17) is 5.11 Å². The summed E-state index contributed by atoms with van der Waals surface area (Å²) in [6.07, 6.45) is 0. The standard InChI is InChI=1S/C10H10F2O4S/c1-6(10(13)14)17(15,16)5-7-2-3-8(11)4-9(7)12/h2-4,6H,5H2,1H3,(H,13,14). The van der Waals surface area contributed by atoms with Gasteiger partial charge in [0.05, 0.1) is 5.75 Å². The fourth-order valence-electron chi connectivity index (χ4n) is 1.13. The van der Waals surface area contributed by atoms with Crippen molar-refractivity contribution in [3.05, 3.63) is 35.4 Å². The second-order valence-corrected chi connectivity index (χ2v) is 5.84. The van der Waals surface area contributed by atoms with Gasteiger partial charge in [-0.25, -0.2) is 17.2 Å². The number of rotatable bonds is 4. The summed E-state index contributed by atoms with van der Waals surface area (Å²) in [4.78, 5) is 10.5. The first-order chi connectivity index (χ1) is 7.74. The van der Waals surface area contributed by atoms with Gasteiger partial charge >= 0.3 is 5.97 Å². The molecule has 0 saturated carbocycles. The van der Waals surface area contributed by atoms with E-state index >= 15 is 0 Å². The van der Waals surface area contributed by atoms with E-state index in [2.05, 4.69) is 0 Å². The highest BCUT2D eigenvalue weighted by Gasteiger charge is 2.28. The Hall–Kier alpha value is -1.50. The minimum absolute atomic E-state index is 0.250. The molecule has 0 aliphatic carbocycles. The third kappa shape index (κ3) is 3.23. The number of sulfone groups is 1. The summed E-state index contributed by atoms with van der Waals surface area (Å²) < 4.78 is 48.9. The van der Waals surface area contributed by atoms with Crippen LogP contribution < -0.4 is 0 Å². The highest BCUT2D eigenvalue weighted by molar-refractivity contribution is 7.91. The van der Waals surface area contributed by atoms with E-state index in [1.165, 1.54) is 0 Å². The molecular weight excluding hydrogens is 254 g/mol. The van der Waals surface area contributed by atoms with Crippen LogP contribution in [0.2, 0.25) is 0 Å². The van der Waals surface area contributed by atoms with Crippen molar-refractivity contribution in [2.45, 2.75) is 17.9 Å². The number of benzene rings is 1. The lowest BCUT2D eigenvalue weighted by Gasteiger charge is -2.09. The smallest absolute Gasteiger partial charge is 0.321 e. The molecule has 1 N–H and O–H groups in total. The highest BCUT2D eigenvalue weighted by Crippen LogP contribution is 2.16. The van der Waals surface area contributed by atoms with Crippen LogP contribution in [0.3, 0.4) is 0 Å². The number of carbonyl (C=O) groups is 1. The summed E-state index contributed by atoms with van der Waals surface area (Å²) in [5.41, 5.74) is -0.250. The van der Waals surface area contributed by atoms with E-state index < -0.39 is 38.4 Å². The van der Waals surface area contributed by atoms with Gasteiger partial charge in [0.25, 0.3) is 0 Å². The molecule has 1 unspecified atom stereocenters. The second-order valence-electron chi connectivity index (χ2n) is 3.52. The first-order valence-corrected chi connectivity index (χ1v) is 6.34. The SMILES string of the molecule is CC(C(=O)O)S(=O)(=O)Cc1ccc(F)cc1F. The Morgan fingerprint density at radius 3 is 2.47 bits per heavy atom. The normalized spacial score (nSPS) is 13.4. The van der Waals surface area contributed by atoms with Gasteiger partial charge < -0.3 is 5.11 Å². The maximum Gasteiger partial charge on any atom is 0.321 e. The van der Waals surface area contributed by atoms with Gasteiger partial charge in [0, 0.05) is 11.6 Å². The fraction of sp³-hybridized carbons (Fsp3) is 0.300. The van der Waals surface area contributed by atoms with Crippen molar-refractivity contribution >= 4 is 15.8 Å². The van der Waals surface area contributed by atoms with Crippen LogP contribution in [0.25, 0.3) is 0 Å². The molecule has 94 valence electrons. The van der Waals surface area contributed by atoms with Gasteiger partial charge in [-0.1, -0.05) is 6.07 Å². The number of aliphatic carboxylic acids is 1. The van der Waals surface area contributed by atoms with Crippen molar-refractivity contribution in [1.82, 2.24) is 0 Å². The van der Waals surface area contributed by atoms with Crippen molar-refractivity contribution in [3.63, 3.8) is 0 Å². The Morgan fingerprint density at radius 1 is 1.41 bits per heavy atom. The van der Waals surface area contributed by atoms with Crippen LogP contribution >= 0.6 is 0 Å². The van der Waals surface area contributed by atoms with Gasteiger partial charge in [0.2, 0.25) is 0 Å². The zero-order valence-corrected chi connectivity index (χ0v) is 9.67. The van der Waals surface area contributed by atoms with Crippen LogP contribution in [-0.2, 0) is 20.4 Å². The number of halogens is 2. The van der Waals surface area contributed by atoms with Gasteiger partial charge in [-0.3, -0.25) is 4.79 Å². The Balaban J connectivity index is 3.02. The molecular formula is C10H10F2O4S. The molecule has 0 spiro atoms. The average molecular weight is 264 g/mol. The molecule has 0 aliphatic rings. The maximum absolute atomic E-state index is 13.2. The molecule has 0 aliphatic heterocycles. The summed E-state index contributed by atoms with van der Waals surface area (Å²) in [7, 11) is -4.01. The lowest BCUT2D eigenvalue weighted by molar-refractivity contribution is -0.136. The topological polar surface area (TPSA) is 71.4 Å². The third-order valence-corrected chi connectivity index (χ3v) is 4.25. The maximum atomic E-state index is 13.2. The van der Waals surface area contributed by atoms with E-state index in [1.54, 1.807) is 0 Å². The fourth-order valence-corrected chi connectivity index (χ4v) is 2.36. The molecule has 1 aromatic rings. The molecule has 1 rings (SSSR count). The summed E-state index contributed by atoms with van der Waals surface area (Å²) >= 11 is 0. The van der Waals surface area contributed by atoms with Crippen molar-refractivity contribution in [2.24, 2.45) is 0 Å². The second kappa shape index (κ2) is 4.79. The Morgan fingerprint density at radius 2 is 2.00 bits per heavy atom. The Labute approximate surface area is 96.8 Å². The van der Waals surface area contributed by atoms with E-state index in [-0.39, 0.29) is 5.56 Å². The van der Waals surface area contributed by atoms with Crippen molar-refractivity contribution in [2.75, 3.05) is 0 Å². The molecule has 7 heteroatoms. The van der Waals surface area contributed by atoms with Crippen molar-refractivity contribution < 1.29 is 27.1 Å². The molecule has 0 heterocycles. The van der Waals surface area contributed by atoms with Gasteiger partial charge in [-0.05, 0) is 13.0 Å². The van der Waals surface area contributed by atoms with Gasteiger partial charge in [0.1, 0.15) is 11.6 Å². The molecule has 1 atom stereocenters. The Kier molecular flexibility index (Phi) is 3.82. The number of hydrogen-bond acceptors (Lipinski definition) is 3. The first kappa shape index (κ1) is 13.6. The average Bonchev–Trinajstić information content (AvgIpc) is 2.21. The molecule has 0 aromatic heterocycles. The lowest BCUT2D eigenvalue weighted by atomic mass is 10.2. The molecule has 0 radical (unpaired) electrons. The van der Waals surface area contributed by atoms with Crippen molar-refractivity contribution in [3.8, 4) is 0 Å². The van der Waals surface area contributed by atoms with Gasteiger partial charge in [-0.2, -0.15) is 0 Å². The quantitative estimate of drug-likeness (QED) is 0.891. The summed E-state index contributed by atoms with van der Waals surface area (Å²) in [6, 6.07) is 2.45. The minimum atomic E-state index is -4.01. The number of carboxylic acid groups (broad SMARTS) is 1. The number of carboxylic acids is 1. The molecule has 0 bridgehead atoms. The largest absolute Gasteiger partial charge is 0.480 e. The predicted octanol–water partition coefficient (Wildman–Crippen LogP) is 1.35. The highest BCUT2D eigenvalue weighted by atomic mass is 32.2. The van der Waals surface area contributed by atoms with E-state index in [0.717, 1.165) is 19.1 Å². The van der Waals surface area contributed by atoms with Crippen LogP contribution in [0.15, 0.2) is 18.2 Å². The van der Waals surface area contributed by atoms with Gasteiger partial charge in [0.15, 0.2) is 15.1 Å². The first-order valence-electron chi connectivity index (χ1n) is 4.62. The molecule has 0 fully saturated rings. The number of hydrogen-bond donors (Lipinski definition) is 1. The molecule has 17 heavy (non-hydrogen) atoms. The molecule has 1 aromatic carbocycles. The van der Waals surface area contributed by atoms with Crippen LogP contribution in [0.4, 0.5) is 8.78 Å². The molecule has 0 amide bonds.